The molecule has 0 amide bonds. The Bertz CT molecular complexity index is 448. The van der Waals surface area contributed by atoms with Gasteiger partial charge in [-0.15, -0.1) is 11.6 Å². The van der Waals surface area contributed by atoms with Gasteiger partial charge in [0, 0.05) is 15.9 Å². The summed E-state index contributed by atoms with van der Waals surface area (Å²) in [7, 11) is -1.24. The van der Waals surface area contributed by atoms with Crippen LogP contribution in [-0.4, -0.2) is 14.7 Å². The van der Waals surface area contributed by atoms with E-state index in [9.17, 15) is 0 Å². The van der Waals surface area contributed by atoms with Crippen LogP contribution >= 0.6 is 34.8 Å². The van der Waals surface area contributed by atoms with Crippen molar-refractivity contribution < 1.29 is 0 Å². The Balaban J connectivity index is 2.33. The Morgan fingerprint density at radius 1 is 0.722 bits per heavy atom. The Morgan fingerprint density at radius 2 is 1.11 bits per heavy atom. The molecule has 0 radical (unpaired) electrons. The molecule has 0 nitrogen and oxygen atoms in total. The average Bonchev–Trinajstić information content (AvgIpc) is 2.39. The maximum Gasteiger partial charge on any atom is 0.104 e. The predicted molar refractivity (Wildman–Crippen MR) is 84.8 cm³/mol. The van der Waals surface area contributed by atoms with E-state index in [0.717, 1.165) is 16.1 Å². The third kappa shape index (κ3) is 3.52. The van der Waals surface area contributed by atoms with Crippen LogP contribution in [0.25, 0.3) is 0 Å². The van der Waals surface area contributed by atoms with Gasteiger partial charge in [-0.2, -0.15) is 0 Å². The van der Waals surface area contributed by atoms with Crippen molar-refractivity contribution in [2.45, 2.75) is 6.04 Å². The van der Waals surface area contributed by atoms with Crippen LogP contribution in [0.2, 0.25) is 16.1 Å². The van der Waals surface area contributed by atoms with Crippen LogP contribution < -0.4 is 10.4 Å². The molecule has 0 heterocycles. The van der Waals surface area contributed by atoms with Crippen molar-refractivity contribution >= 4 is 54.0 Å². The predicted octanol–water partition coefficient (Wildman–Crippen LogP) is 3.57. The fraction of sp³-hybridized carbons (Fsp3) is 0.143. The van der Waals surface area contributed by atoms with Crippen molar-refractivity contribution in [2.75, 3.05) is 5.88 Å². The lowest BCUT2D eigenvalue weighted by atomic mass is 10.4. The molecule has 0 atom stereocenters. The van der Waals surface area contributed by atoms with E-state index in [4.69, 9.17) is 34.8 Å². The standard InChI is InChI=1S/C14H13Cl3Si/c15-9-10-18(13-5-1-11(16)2-6-13)14-7-3-12(17)4-8-14/h1-8,18H,9-10H2. The van der Waals surface area contributed by atoms with E-state index in [1.54, 1.807) is 0 Å². The van der Waals surface area contributed by atoms with E-state index < -0.39 is 8.80 Å². The average molecular weight is 316 g/mol. The smallest absolute Gasteiger partial charge is 0.104 e. The van der Waals surface area contributed by atoms with E-state index in [1.165, 1.54) is 10.4 Å². The molecule has 0 aliphatic rings. The highest BCUT2D eigenvalue weighted by atomic mass is 35.5. The molecule has 0 aromatic heterocycles. The zero-order valence-electron chi connectivity index (χ0n) is 9.74. The molecule has 2 aromatic carbocycles. The van der Waals surface area contributed by atoms with Gasteiger partial charge in [-0.25, -0.2) is 0 Å². The molecule has 0 saturated heterocycles. The fourth-order valence-electron chi connectivity index (χ4n) is 2.03. The summed E-state index contributed by atoms with van der Waals surface area (Å²) >= 11 is 17.8. The SMILES string of the molecule is ClCC[SiH](c1ccc(Cl)cc1)c1ccc(Cl)cc1. The molecule has 0 N–H and O–H groups in total. The van der Waals surface area contributed by atoms with E-state index in [2.05, 4.69) is 24.3 Å². The van der Waals surface area contributed by atoms with E-state index in [0.29, 0.717) is 5.88 Å². The summed E-state index contributed by atoms with van der Waals surface area (Å²) in [5.41, 5.74) is 0. The summed E-state index contributed by atoms with van der Waals surface area (Å²) in [6.45, 7) is 0. The molecule has 0 aliphatic heterocycles. The minimum Gasteiger partial charge on any atom is -0.127 e. The first kappa shape index (κ1) is 13.9. The Labute approximate surface area is 124 Å². The quantitative estimate of drug-likeness (QED) is 0.598. The highest BCUT2D eigenvalue weighted by Crippen LogP contribution is 2.08. The summed E-state index contributed by atoms with van der Waals surface area (Å²) in [4.78, 5) is 0. The molecule has 0 aliphatic carbocycles. The molecule has 0 unspecified atom stereocenters. The molecule has 0 bridgehead atoms. The molecule has 2 rings (SSSR count). The zero-order valence-corrected chi connectivity index (χ0v) is 13.2. The normalized spacial score (nSPS) is 10.9. The van der Waals surface area contributed by atoms with Crippen molar-refractivity contribution in [1.82, 2.24) is 0 Å². The van der Waals surface area contributed by atoms with Crippen LogP contribution in [-0.2, 0) is 0 Å². The zero-order chi connectivity index (χ0) is 13.0. The van der Waals surface area contributed by atoms with Crippen LogP contribution in [0, 0.1) is 0 Å². The Hall–Kier alpha value is -0.473. The van der Waals surface area contributed by atoms with Crippen molar-refractivity contribution in [3.05, 3.63) is 58.6 Å². The number of hydrogen-bond acceptors (Lipinski definition) is 0. The lowest BCUT2D eigenvalue weighted by Crippen LogP contribution is -2.42. The van der Waals surface area contributed by atoms with Gasteiger partial charge in [-0.3, -0.25) is 0 Å². The molecular weight excluding hydrogens is 303 g/mol. The monoisotopic (exact) mass is 314 g/mol. The molecule has 0 spiro atoms. The fourth-order valence-corrected chi connectivity index (χ4v) is 5.52. The van der Waals surface area contributed by atoms with Crippen molar-refractivity contribution in [3.8, 4) is 0 Å². The number of hydrogen-bond donors (Lipinski definition) is 0. The summed E-state index contributed by atoms with van der Waals surface area (Å²) < 4.78 is 0. The lowest BCUT2D eigenvalue weighted by Gasteiger charge is -2.15. The number of alkyl halides is 1. The second-order valence-electron chi connectivity index (χ2n) is 4.13. The van der Waals surface area contributed by atoms with Gasteiger partial charge in [-0.05, 0) is 30.3 Å². The van der Waals surface area contributed by atoms with E-state index in [1.807, 2.05) is 24.3 Å². The topological polar surface area (TPSA) is 0 Å². The molecular formula is C14H13Cl3Si. The number of benzene rings is 2. The van der Waals surface area contributed by atoms with Gasteiger partial charge in [0.1, 0.15) is 8.80 Å². The molecule has 18 heavy (non-hydrogen) atoms. The third-order valence-electron chi connectivity index (χ3n) is 2.94. The second kappa shape index (κ2) is 6.62. The highest BCUT2D eigenvalue weighted by Gasteiger charge is 2.15. The first-order chi connectivity index (χ1) is 8.70. The van der Waals surface area contributed by atoms with Gasteiger partial charge in [0.2, 0.25) is 0 Å². The van der Waals surface area contributed by atoms with Crippen LogP contribution in [0.3, 0.4) is 0 Å². The highest BCUT2D eigenvalue weighted by molar-refractivity contribution is 6.85. The van der Waals surface area contributed by atoms with Gasteiger partial charge in [-0.1, -0.05) is 57.8 Å². The first-order valence-electron chi connectivity index (χ1n) is 5.77. The number of rotatable bonds is 4. The van der Waals surface area contributed by atoms with Crippen LogP contribution in [0.4, 0.5) is 0 Å². The Kier molecular flexibility index (Phi) is 5.13. The molecule has 94 valence electrons. The summed E-state index contributed by atoms with van der Waals surface area (Å²) in [5.74, 6) is 0.683. The Morgan fingerprint density at radius 3 is 1.44 bits per heavy atom. The van der Waals surface area contributed by atoms with Crippen LogP contribution in [0.5, 0.6) is 0 Å². The molecule has 0 saturated carbocycles. The molecule has 4 heteroatoms. The van der Waals surface area contributed by atoms with Gasteiger partial charge in [0.05, 0.1) is 0 Å². The summed E-state index contributed by atoms with van der Waals surface area (Å²) in [5, 5.41) is 4.27. The van der Waals surface area contributed by atoms with Crippen LogP contribution in [0.1, 0.15) is 0 Å². The third-order valence-corrected chi connectivity index (χ3v) is 7.28. The minimum absolute atomic E-state index is 0.683. The first-order valence-corrected chi connectivity index (χ1v) is 9.04. The second-order valence-corrected chi connectivity index (χ2v) is 8.40. The van der Waals surface area contributed by atoms with E-state index in [-0.39, 0.29) is 0 Å². The molecule has 0 fully saturated rings. The van der Waals surface area contributed by atoms with Gasteiger partial charge >= 0.3 is 0 Å². The summed E-state index contributed by atoms with van der Waals surface area (Å²) in [6, 6.07) is 17.3. The van der Waals surface area contributed by atoms with E-state index >= 15 is 0 Å². The largest absolute Gasteiger partial charge is 0.127 e. The van der Waals surface area contributed by atoms with Crippen molar-refractivity contribution in [1.29, 1.82) is 0 Å². The number of halogens is 3. The maximum absolute atomic E-state index is 5.94. The van der Waals surface area contributed by atoms with Gasteiger partial charge in [0.25, 0.3) is 0 Å². The maximum atomic E-state index is 5.94. The minimum atomic E-state index is -1.24. The van der Waals surface area contributed by atoms with Gasteiger partial charge < -0.3 is 0 Å². The van der Waals surface area contributed by atoms with Gasteiger partial charge in [0.15, 0.2) is 0 Å². The summed E-state index contributed by atoms with van der Waals surface area (Å²) in [6.07, 6.45) is 0. The lowest BCUT2D eigenvalue weighted by molar-refractivity contribution is 1.44. The molecule has 2 aromatic rings. The van der Waals surface area contributed by atoms with Crippen LogP contribution in [0.15, 0.2) is 48.5 Å². The van der Waals surface area contributed by atoms with Crippen molar-refractivity contribution in [3.63, 3.8) is 0 Å². The van der Waals surface area contributed by atoms with Crippen molar-refractivity contribution in [2.24, 2.45) is 0 Å².